The zero-order valence-electron chi connectivity index (χ0n) is 11.6. The molecular weight excluding hydrogens is 288 g/mol. The van der Waals surface area contributed by atoms with Gasteiger partial charge in [0.2, 0.25) is 0 Å². The lowest BCUT2D eigenvalue weighted by Crippen LogP contribution is -2.29. The Morgan fingerprint density at radius 3 is 2.86 bits per heavy atom. The third-order valence-electron chi connectivity index (χ3n) is 3.66. The topological polar surface area (TPSA) is 59.0 Å². The largest absolute Gasteiger partial charge is 0.319 e. The maximum atomic E-state index is 12.2. The highest BCUT2D eigenvalue weighted by atomic mass is 35.5. The molecule has 5 nitrogen and oxygen atoms in total. The van der Waals surface area contributed by atoms with Crippen LogP contribution < -0.4 is 10.6 Å². The molecule has 2 heterocycles. The van der Waals surface area contributed by atoms with Crippen LogP contribution in [0, 0.1) is 0 Å². The van der Waals surface area contributed by atoms with E-state index in [2.05, 4.69) is 15.7 Å². The monoisotopic (exact) mass is 304 g/mol. The highest BCUT2D eigenvalue weighted by molar-refractivity contribution is 6.34. The summed E-state index contributed by atoms with van der Waals surface area (Å²) in [7, 11) is 0. The number of benzene rings is 1. The van der Waals surface area contributed by atoms with Crippen molar-refractivity contribution in [3.05, 3.63) is 47.2 Å². The fraction of sp³-hybridized carbons (Fsp3) is 0.333. The van der Waals surface area contributed by atoms with Gasteiger partial charge < -0.3 is 10.6 Å². The first kappa shape index (κ1) is 14.1. The Kier molecular flexibility index (Phi) is 4.22. The number of rotatable bonds is 3. The van der Waals surface area contributed by atoms with Gasteiger partial charge in [-0.3, -0.25) is 9.48 Å². The van der Waals surface area contributed by atoms with Gasteiger partial charge in [-0.25, -0.2) is 0 Å². The standard InChI is InChI=1S/C15H17ClN4O/c16-14-4-2-1-3-13(14)15(21)19-11-9-18-20(10-11)12-5-7-17-8-6-12/h1-4,9-10,12,17H,5-8H2,(H,19,21). The van der Waals surface area contributed by atoms with Crippen molar-refractivity contribution in [2.24, 2.45) is 0 Å². The Morgan fingerprint density at radius 1 is 1.33 bits per heavy atom. The van der Waals surface area contributed by atoms with E-state index in [1.54, 1.807) is 30.5 Å². The molecule has 110 valence electrons. The minimum absolute atomic E-state index is 0.217. The highest BCUT2D eigenvalue weighted by Gasteiger charge is 2.16. The van der Waals surface area contributed by atoms with Crippen molar-refractivity contribution in [2.45, 2.75) is 18.9 Å². The fourth-order valence-electron chi connectivity index (χ4n) is 2.52. The van der Waals surface area contributed by atoms with Gasteiger partial charge in [-0.05, 0) is 38.1 Å². The van der Waals surface area contributed by atoms with Crippen LogP contribution in [0.2, 0.25) is 5.02 Å². The molecule has 0 aliphatic carbocycles. The maximum absolute atomic E-state index is 12.2. The molecule has 0 unspecified atom stereocenters. The lowest BCUT2D eigenvalue weighted by atomic mass is 10.1. The molecule has 1 saturated heterocycles. The Morgan fingerprint density at radius 2 is 2.10 bits per heavy atom. The lowest BCUT2D eigenvalue weighted by molar-refractivity contribution is 0.102. The number of carbonyl (C=O) groups is 1. The Balaban J connectivity index is 1.69. The Hall–Kier alpha value is -1.85. The van der Waals surface area contributed by atoms with Gasteiger partial charge in [0.25, 0.3) is 5.91 Å². The number of anilines is 1. The first-order chi connectivity index (χ1) is 10.2. The van der Waals surface area contributed by atoms with Gasteiger partial charge in [-0.15, -0.1) is 0 Å². The summed E-state index contributed by atoms with van der Waals surface area (Å²) in [5.74, 6) is -0.217. The molecule has 0 saturated carbocycles. The summed E-state index contributed by atoms with van der Waals surface area (Å²) >= 11 is 6.02. The van der Waals surface area contributed by atoms with Crippen molar-refractivity contribution < 1.29 is 4.79 Å². The van der Waals surface area contributed by atoms with E-state index in [4.69, 9.17) is 11.6 Å². The van der Waals surface area contributed by atoms with Crippen LogP contribution in [0.3, 0.4) is 0 Å². The molecule has 1 amide bonds. The lowest BCUT2D eigenvalue weighted by Gasteiger charge is -2.22. The summed E-state index contributed by atoms with van der Waals surface area (Å²) in [6.45, 7) is 2.01. The molecular formula is C15H17ClN4O. The first-order valence-electron chi connectivity index (χ1n) is 7.05. The molecule has 1 aromatic heterocycles. The molecule has 2 aromatic rings. The second-order valence-electron chi connectivity index (χ2n) is 5.12. The smallest absolute Gasteiger partial charge is 0.257 e. The minimum atomic E-state index is -0.217. The van der Waals surface area contributed by atoms with E-state index in [-0.39, 0.29) is 5.91 Å². The minimum Gasteiger partial charge on any atom is -0.319 e. The zero-order valence-corrected chi connectivity index (χ0v) is 12.3. The number of carbonyl (C=O) groups excluding carboxylic acids is 1. The Bertz CT molecular complexity index is 634. The summed E-state index contributed by atoms with van der Waals surface area (Å²) in [4.78, 5) is 12.2. The number of piperidine rings is 1. The van der Waals surface area contributed by atoms with Gasteiger partial charge >= 0.3 is 0 Å². The van der Waals surface area contributed by atoms with E-state index in [1.807, 2.05) is 10.9 Å². The fourth-order valence-corrected chi connectivity index (χ4v) is 2.74. The number of nitrogens with zero attached hydrogens (tertiary/aromatic N) is 2. The van der Waals surface area contributed by atoms with Crippen LogP contribution >= 0.6 is 11.6 Å². The molecule has 21 heavy (non-hydrogen) atoms. The predicted molar refractivity (Wildman–Crippen MR) is 82.8 cm³/mol. The van der Waals surface area contributed by atoms with Crippen LogP contribution in [0.4, 0.5) is 5.69 Å². The third kappa shape index (κ3) is 3.25. The van der Waals surface area contributed by atoms with Crippen molar-refractivity contribution in [3.8, 4) is 0 Å². The average molecular weight is 305 g/mol. The van der Waals surface area contributed by atoms with Crippen LogP contribution in [0.25, 0.3) is 0 Å². The van der Waals surface area contributed by atoms with Crippen LogP contribution in [0.5, 0.6) is 0 Å². The number of aromatic nitrogens is 2. The van der Waals surface area contributed by atoms with Gasteiger partial charge in [0.1, 0.15) is 0 Å². The Labute approximate surface area is 128 Å². The molecule has 0 radical (unpaired) electrons. The van der Waals surface area contributed by atoms with Crippen molar-refractivity contribution in [3.63, 3.8) is 0 Å². The average Bonchev–Trinajstić information content (AvgIpc) is 2.97. The van der Waals surface area contributed by atoms with Gasteiger partial charge in [-0.2, -0.15) is 5.10 Å². The molecule has 0 bridgehead atoms. The van der Waals surface area contributed by atoms with E-state index >= 15 is 0 Å². The highest BCUT2D eigenvalue weighted by Crippen LogP contribution is 2.21. The van der Waals surface area contributed by atoms with E-state index < -0.39 is 0 Å². The summed E-state index contributed by atoms with van der Waals surface area (Å²) in [6, 6.07) is 7.40. The van der Waals surface area contributed by atoms with E-state index in [1.165, 1.54) is 0 Å². The molecule has 1 fully saturated rings. The van der Waals surface area contributed by atoms with Gasteiger partial charge in [-0.1, -0.05) is 23.7 Å². The second-order valence-corrected chi connectivity index (χ2v) is 5.53. The van der Waals surface area contributed by atoms with Crippen LogP contribution in [-0.2, 0) is 0 Å². The van der Waals surface area contributed by atoms with E-state index in [0.717, 1.165) is 25.9 Å². The van der Waals surface area contributed by atoms with Crippen molar-refractivity contribution in [1.82, 2.24) is 15.1 Å². The van der Waals surface area contributed by atoms with Gasteiger partial charge in [0.15, 0.2) is 0 Å². The third-order valence-corrected chi connectivity index (χ3v) is 3.99. The number of nitrogens with one attached hydrogen (secondary N) is 2. The number of hydrogen-bond acceptors (Lipinski definition) is 3. The number of hydrogen-bond donors (Lipinski definition) is 2. The summed E-state index contributed by atoms with van der Waals surface area (Å²) in [5.41, 5.74) is 1.16. The quantitative estimate of drug-likeness (QED) is 0.916. The van der Waals surface area contributed by atoms with Crippen LogP contribution in [-0.4, -0.2) is 28.8 Å². The molecule has 6 heteroatoms. The molecule has 3 rings (SSSR count). The molecule has 0 spiro atoms. The van der Waals surface area contributed by atoms with E-state index in [9.17, 15) is 4.79 Å². The second kappa shape index (κ2) is 6.28. The zero-order chi connectivity index (χ0) is 14.7. The molecule has 1 aromatic carbocycles. The van der Waals surface area contributed by atoms with E-state index in [0.29, 0.717) is 22.3 Å². The SMILES string of the molecule is O=C(Nc1cnn(C2CCNCC2)c1)c1ccccc1Cl. The molecule has 1 aliphatic heterocycles. The summed E-state index contributed by atoms with van der Waals surface area (Å²) in [5, 5.41) is 11.0. The first-order valence-corrected chi connectivity index (χ1v) is 7.42. The summed E-state index contributed by atoms with van der Waals surface area (Å²) in [6.07, 6.45) is 5.67. The van der Waals surface area contributed by atoms with Crippen molar-refractivity contribution in [1.29, 1.82) is 0 Å². The van der Waals surface area contributed by atoms with Gasteiger partial charge in [0, 0.05) is 6.20 Å². The summed E-state index contributed by atoms with van der Waals surface area (Å²) < 4.78 is 1.93. The maximum Gasteiger partial charge on any atom is 0.257 e. The molecule has 2 N–H and O–H groups in total. The number of halogens is 1. The number of amides is 1. The molecule has 0 atom stereocenters. The molecule has 1 aliphatic rings. The van der Waals surface area contributed by atoms with Crippen molar-refractivity contribution in [2.75, 3.05) is 18.4 Å². The van der Waals surface area contributed by atoms with Gasteiger partial charge in [0.05, 0.1) is 28.5 Å². The normalized spacial score (nSPS) is 15.9. The van der Waals surface area contributed by atoms with Crippen LogP contribution in [0.1, 0.15) is 29.2 Å². The van der Waals surface area contributed by atoms with Crippen LogP contribution in [0.15, 0.2) is 36.7 Å². The van der Waals surface area contributed by atoms with Crippen molar-refractivity contribution >= 4 is 23.2 Å². The predicted octanol–water partition coefficient (Wildman–Crippen LogP) is 2.71.